The van der Waals surface area contributed by atoms with Gasteiger partial charge in [0, 0.05) is 28.5 Å². The second-order valence-electron chi connectivity index (χ2n) is 6.92. The first-order valence-corrected chi connectivity index (χ1v) is 10.4. The van der Waals surface area contributed by atoms with Crippen molar-refractivity contribution in [2.45, 2.75) is 55.3 Å². The summed E-state index contributed by atoms with van der Waals surface area (Å²) >= 11 is 3.86. The highest BCUT2D eigenvalue weighted by Crippen LogP contribution is 2.44. The molecule has 0 N–H and O–H groups in total. The van der Waals surface area contributed by atoms with Gasteiger partial charge in [-0.3, -0.25) is 4.90 Å². The summed E-state index contributed by atoms with van der Waals surface area (Å²) in [6, 6.07) is 4.70. The van der Waals surface area contributed by atoms with Gasteiger partial charge in [0.15, 0.2) is 0 Å². The number of ether oxygens (including phenoxy) is 1. The molecule has 3 aliphatic heterocycles. The van der Waals surface area contributed by atoms with Gasteiger partial charge in [0.1, 0.15) is 5.60 Å². The topological polar surface area (TPSA) is 29.5 Å². The van der Waals surface area contributed by atoms with Crippen LogP contribution in [-0.4, -0.2) is 40.9 Å². The van der Waals surface area contributed by atoms with Crippen LogP contribution >= 0.6 is 23.1 Å². The van der Waals surface area contributed by atoms with Crippen molar-refractivity contribution in [3.05, 3.63) is 34.0 Å². The zero-order chi connectivity index (χ0) is 15.9. The van der Waals surface area contributed by atoms with E-state index in [9.17, 15) is 4.79 Å². The predicted octanol–water partition coefficient (Wildman–Crippen LogP) is 3.85. The summed E-state index contributed by atoms with van der Waals surface area (Å²) < 4.78 is 5.82. The standard InChI is InChI=1S/C18H23NO2S2/c1-18-13(10-17(20)21-18)9-15(23-12-14-5-4-8-22-14)11-19-7-3-2-6-16(18)19/h4-5,8,10,15-16H,2-3,6-7,9,11-12H2,1H3/t15?,16-,18+/m1/s1. The molecule has 1 aromatic heterocycles. The van der Waals surface area contributed by atoms with Crippen LogP contribution in [0.5, 0.6) is 0 Å². The average molecular weight is 350 g/mol. The molecule has 0 bridgehead atoms. The normalized spacial score (nSPS) is 34.3. The number of carbonyl (C=O) groups excluding carboxylic acids is 1. The van der Waals surface area contributed by atoms with Crippen molar-refractivity contribution in [1.82, 2.24) is 4.90 Å². The molecule has 23 heavy (non-hydrogen) atoms. The van der Waals surface area contributed by atoms with Crippen molar-refractivity contribution in [3.8, 4) is 0 Å². The molecule has 1 aromatic rings. The Balaban J connectivity index is 1.55. The second kappa shape index (κ2) is 6.26. The summed E-state index contributed by atoms with van der Waals surface area (Å²) in [5.74, 6) is 0.927. The van der Waals surface area contributed by atoms with Crippen molar-refractivity contribution in [2.75, 3.05) is 13.1 Å². The molecule has 0 amide bonds. The van der Waals surface area contributed by atoms with Crippen LogP contribution in [0.15, 0.2) is 29.2 Å². The zero-order valence-electron chi connectivity index (χ0n) is 13.5. The van der Waals surface area contributed by atoms with Crippen molar-refractivity contribution < 1.29 is 9.53 Å². The first kappa shape index (κ1) is 15.7. The number of nitrogens with zero attached hydrogens (tertiary/aromatic N) is 1. The van der Waals surface area contributed by atoms with E-state index in [0.717, 1.165) is 31.7 Å². The lowest BCUT2D eigenvalue weighted by molar-refractivity contribution is -0.150. The van der Waals surface area contributed by atoms with Crippen LogP contribution in [0.3, 0.4) is 0 Å². The Morgan fingerprint density at radius 2 is 2.39 bits per heavy atom. The lowest BCUT2D eigenvalue weighted by Crippen LogP contribution is -2.53. The van der Waals surface area contributed by atoms with E-state index in [1.54, 1.807) is 6.08 Å². The lowest BCUT2D eigenvalue weighted by Gasteiger charge is -2.43. The Hall–Kier alpha value is -0.780. The van der Waals surface area contributed by atoms with E-state index in [1.165, 1.54) is 23.3 Å². The molecule has 3 nitrogen and oxygen atoms in total. The van der Waals surface area contributed by atoms with E-state index in [4.69, 9.17) is 4.74 Å². The molecular weight excluding hydrogens is 326 g/mol. The first-order valence-electron chi connectivity index (χ1n) is 8.47. The monoisotopic (exact) mass is 349 g/mol. The van der Waals surface area contributed by atoms with Crippen LogP contribution in [0, 0.1) is 0 Å². The maximum absolute atomic E-state index is 11.9. The van der Waals surface area contributed by atoms with Gasteiger partial charge in [0.05, 0.1) is 6.04 Å². The number of hydrogen-bond acceptors (Lipinski definition) is 5. The van der Waals surface area contributed by atoms with E-state index in [0.29, 0.717) is 11.3 Å². The van der Waals surface area contributed by atoms with Crippen molar-refractivity contribution in [3.63, 3.8) is 0 Å². The molecule has 3 atom stereocenters. The molecule has 0 radical (unpaired) electrons. The number of esters is 1. The summed E-state index contributed by atoms with van der Waals surface area (Å²) in [6.07, 6.45) is 6.40. The Morgan fingerprint density at radius 3 is 3.22 bits per heavy atom. The molecule has 124 valence electrons. The molecule has 4 rings (SSSR count). The second-order valence-corrected chi connectivity index (χ2v) is 9.24. The first-order chi connectivity index (χ1) is 11.1. The Labute approximate surface area is 146 Å². The quantitative estimate of drug-likeness (QED) is 0.775. The van der Waals surface area contributed by atoms with Gasteiger partial charge in [-0.15, -0.1) is 11.3 Å². The highest BCUT2D eigenvalue weighted by Gasteiger charge is 2.50. The van der Waals surface area contributed by atoms with Crippen molar-refractivity contribution in [2.24, 2.45) is 0 Å². The molecule has 5 heteroatoms. The molecule has 0 spiro atoms. The largest absolute Gasteiger partial charge is 0.450 e. The third-order valence-corrected chi connectivity index (χ3v) is 7.74. The number of fused-ring (bicyclic) bond motifs is 3. The minimum atomic E-state index is -0.393. The number of hydrogen-bond donors (Lipinski definition) is 0. The summed E-state index contributed by atoms with van der Waals surface area (Å²) in [5.41, 5.74) is 0.830. The molecule has 0 aliphatic carbocycles. The number of thiophene rings is 1. The van der Waals surface area contributed by atoms with E-state index in [2.05, 4.69) is 29.3 Å². The van der Waals surface area contributed by atoms with Crippen LogP contribution in [0.2, 0.25) is 0 Å². The average Bonchev–Trinajstić information content (AvgIpc) is 3.12. The van der Waals surface area contributed by atoms with Crippen LogP contribution in [0.25, 0.3) is 0 Å². The fourth-order valence-electron chi connectivity index (χ4n) is 4.24. The molecular formula is C18H23NO2S2. The molecule has 0 saturated carbocycles. The van der Waals surface area contributed by atoms with Gasteiger partial charge in [-0.25, -0.2) is 4.79 Å². The lowest BCUT2D eigenvalue weighted by atomic mass is 9.83. The van der Waals surface area contributed by atoms with Crippen molar-refractivity contribution in [1.29, 1.82) is 0 Å². The number of rotatable bonds is 3. The Bertz CT molecular complexity index is 613. The summed E-state index contributed by atoms with van der Waals surface area (Å²) in [5, 5.41) is 2.69. The van der Waals surface area contributed by atoms with Gasteiger partial charge in [0.25, 0.3) is 0 Å². The van der Waals surface area contributed by atoms with E-state index in [-0.39, 0.29) is 5.97 Å². The summed E-state index contributed by atoms with van der Waals surface area (Å²) in [4.78, 5) is 16.0. The van der Waals surface area contributed by atoms with Gasteiger partial charge in [-0.1, -0.05) is 12.5 Å². The van der Waals surface area contributed by atoms with Gasteiger partial charge in [-0.05, 0) is 49.8 Å². The molecule has 1 unspecified atom stereocenters. The molecule has 4 heterocycles. The van der Waals surface area contributed by atoms with Crippen LogP contribution in [0.4, 0.5) is 0 Å². The highest BCUT2D eigenvalue weighted by atomic mass is 32.2. The summed E-state index contributed by atoms with van der Waals surface area (Å²) in [6.45, 7) is 4.39. The molecule has 3 aliphatic rings. The molecule has 2 saturated heterocycles. The fourth-order valence-corrected chi connectivity index (χ4v) is 6.30. The fraction of sp³-hybridized carbons (Fsp3) is 0.611. The van der Waals surface area contributed by atoms with E-state index >= 15 is 0 Å². The van der Waals surface area contributed by atoms with Crippen LogP contribution < -0.4 is 0 Å². The van der Waals surface area contributed by atoms with E-state index in [1.807, 2.05) is 23.1 Å². The van der Waals surface area contributed by atoms with Crippen molar-refractivity contribution >= 4 is 29.1 Å². The summed E-state index contributed by atoms with van der Waals surface area (Å²) in [7, 11) is 0. The Kier molecular flexibility index (Phi) is 4.28. The van der Waals surface area contributed by atoms with Crippen LogP contribution in [0.1, 0.15) is 37.5 Å². The van der Waals surface area contributed by atoms with Gasteiger partial charge in [-0.2, -0.15) is 11.8 Å². The Morgan fingerprint density at radius 1 is 1.48 bits per heavy atom. The zero-order valence-corrected chi connectivity index (χ0v) is 15.1. The number of carbonyl (C=O) groups is 1. The predicted molar refractivity (Wildman–Crippen MR) is 95.8 cm³/mol. The minimum absolute atomic E-state index is 0.142. The van der Waals surface area contributed by atoms with E-state index < -0.39 is 5.60 Å². The smallest absolute Gasteiger partial charge is 0.331 e. The molecule has 0 aromatic carbocycles. The third-order valence-electron chi connectivity index (χ3n) is 5.42. The number of thioether (sulfide) groups is 1. The van der Waals surface area contributed by atoms with Gasteiger partial charge in [0.2, 0.25) is 0 Å². The van der Waals surface area contributed by atoms with Gasteiger partial charge >= 0.3 is 5.97 Å². The van der Waals surface area contributed by atoms with Gasteiger partial charge < -0.3 is 4.74 Å². The van der Waals surface area contributed by atoms with Crippen LogP contribution in [-0.2, 0) is 15.3 Å². The number of piperidine rings is 1. The minimum Gasteiger partial charge on any atom is -0.450 e. The SMILES string of the molecule is C[C@]12OC(=O)C=C1CC(SCc1cccs1)CN1CCCC[C@@H]12. The maximum Gasteiger partial charge on any atom is 0.331 e. The maximum atomic E-state index is 11.9. The molecule has 2 fully saturated rings. The highest BCUT2D eigenvalue weighted by molar-refractivity contribution is 7.99. The third kappa shape index (κ3) is 2.99.